The maximum absolute atomic E-state index is 5.87. The highest BCUT2D eigenvalue weighted by molar-refractivity contribution is 5.83. The van der Waals surface area contributed by atoms with Crippen LogP contribution in [0.1, 0.15) is 19.4 Å². The lowest BCUT2D eigenvalue weighted by molar-refractivity contribution is 0.200. The molecule has 0 saturated carbocycles. The first-order valence-electron chi connectivity index (χ1n) is 7.08. The van der Waals surface area contributed by atoms with Crippen LogP contribution >= 0.6 is 0 Å². The topological polar surface area (TPSA) is 45.0 Å². The molecule has 1 atom stereocenters. The van der Waals surface area contributed by atoms with Crippen molar-refractivity contribution >= 4 is 10.9 Å². The number of nitrogens with one attached hydrogen (secondary N) is 1. The number of rotatable bonds is 6. The summed E-state index contributed by atoms with van der Waals surface area (Å²) in [4.78, 5) is 5.72. The maximum atomic E-state index is 5.87. The van der Waals surface area contributed by atoms with Crippen molar-refractivity contribution in [3.05, 3.63) is 36.0 Å². The zero-order valence-corrected chi connectivity index (χ0v) is 12.2. The Bertz CT molecular complexity index is 515. The van der Waals surface area contributed by atoms with E-state index < -0.39 is 0 Å². The Morgan fingerprint density at radius 3 is 2.68 bits per heavy atom. The first-order valence-corrected chi connectivity index (χ1v) is 7.08. The molecule has 0 aliphatic carbocycles. The number of H-pyrrole nitrogens is 1. The van der Waals surface area contributed by atoms with Crippen LogP contribution in [0, 0.1) is 5.92 Å². The lowest BCUT2D eigenvalue weighted by Gasteiger charge is -2.30. The molecule has 2 rings (SSSR count). The van der Waals surface area contributed by atoms with Crippen molar-refractivity contribution in [1.29, 1.82) is 0 Å². The fourth-order valence-corrected chi connectivity index (χ4v) is 2.76. The maximum Gasteiger partial charge on any atom is 0.0456 e. The molecule has 0 aliphatic heterocycles. The third-order valence-electron chi connectivity index (χ3n) is 3.99. The van der Waals surface area contributed by atoms with E-state index in [0.717, 1.165) is 19.5 Å². The van der Waals surface area contributed by atoms with E-state index in [0.29, 0.717) is 12.0 Å². The van der Waals surface area contributed by atoms with Crippen LogP contribution in [0.15, 0.2) is 30.5 Å². The summed E-state index contributed by atoms with van der Waals surface area (Å²) >= 11 is 0. The van der Waals surface area contributed by atoms with E-state index in [1.54, 1.807) is 0 Å². The van der Waals surface area contributed by atoms with E-state index >= 15 is 0 Å². The van der Waals surface area contributed by atoms with Crippen molar-refractivity contribution in [2.24, 2.45) is 11.7 Å². The number of para-hydroxylation sites is 1. The van der Waals surface area contributed by atoms with Crippen molar-refractivity contribution in [2.75, 3.05) is 20.1 Å². The summed E-state index contributed by atoms with van der Waals surface area (Å²) < 4.78 is 0. The van der Waals surface area contributed by atoms with Crippen molar-refractivity contribution in [1.82, 2.24) is 9.88 Å². The molecule has 0 amide bonds. The van der Waals surface area contributed by atoms with Crippen LogP contribution < -0.4 is 5.73 Å². The van der Waals surface area contributed by atoms with Crippen molar-refractivity contribution in [3.63, 3.8) is 0 Å². The number of fused-ring (bicyclic) bond motifs is 1. The Balaban J connectivity index is 2.02. The van der Waals surface area contributed by atoms with E-state index in [-0.39, 0.29) is 0 Å². The zero-order chi connectivity index (χ0) is 13.8. The highest BCUT2D eigenvalue weighted by Crippen LogP contribution is 2.18. The van der Waals surface area contributed by atoms with Gasteiger partial charge in [0.2, 0.25) is 0 Å². The normalized spacial score (nSPS) is 13.6. The summed E-state index contributed by atoms with van der Waals surface area (Å²) in [5.41, 5.74) is 8.48. The molecule has 1 heterocycles. The average Bonchev–Trinajstić information content (AvgIpc) is 2.80. The fraction of sp³-hybridized carbons (Fsp3) is 0.500. The van der Waals surface area contributed by atoms with Gasteiger partial charge in [-0.05, 0) is 31.0 Å². The average molecular weight is 259 g/mol. The van der Waals surface area contributed by atoms with E-state index in [9.17, 15) is 0 Å². The van der Waals surface area contributed by atoms with Gasteiger partial charge in [0.1, 0.15) is 0 Å². The van der Waals surface area contributed by atoms with E-state index in [1.165, 1.54) is 16.5 Å². The summed E-state index contributed by atoms with van der Waals surface area (Å²) in [6, 6.07) is 8.94. The van der Waals surface area contributed by atoms with Crippen LogP contribution in [-0.4, -0.2) is 36.1 Å². The van der Waals surface area contributed by atoms with Gasteiger partial charge in [-0.1, -0.05) is 32.0 Å². The van der Waals surface area contributed by atoms with Gasteiger partial charge in [-0.3, -0.25) is 0 Å². The SMILES string of the molecule is CC(C)C(CN)N(C)CCc1c[nH]c2ccccc12. The van der Waals surface area contributed by atoms with E-state index in [2.05, 4.69) is 61.2 Å². The van der Waals surface area contributed by atoms with Gasteiger partial charge in [-0.25, -0.2) is 0 Å². The molecule has 3 nitrogen and oxygen atoms in total. The molecule has 3 N–H and O–H groups in total. The minimum Gasteiger partial charge on any atom is -0.361 e. The number of nitrogens with zero attached hydrogens (tertiary/aromatic N) is 1. The van der Waals surface area contributed by atoms with Crippen molar-refractivity contribution < 1.29 is 0 Å². The molecule has 0 radical (unpaired) electrons. The van der Waals surface area contributed by atoms with Crippen molar-refractivity contribution in [2.45, 2.75) is 26.3 Å². The molecule has 19 heavy (non-hydrogen) atoms. The lowest BCUT2D eigenvalue weighted by atomic mass is 10.0. The molecule has 2 aromatic rings. The Hall–Kier alpha value is -1.32. The Morgan fingerprint density at radius 1 is 1.26 bits per heavy atom. The smallest absolute Gasteiger partial charge is 0.0456 e. The predicted molar refractivity (Wildman–Crippen MR) is 82.3 cm³/mol. The molecule has 1 aromatic carbocycles. The first kappa shape index (κ1) is 14.1. The van der Waals surface area contributed by atoms with E-state index in [1.807, 2.05) is 0 Å². The molecule has 3 heteroatoms. The standard InChI is InChI=1S/C16H25N3/c1-12(2)16(10-17)19(3)9-8-13-11-18-15-7-5-4-6-14(13)15/h4-7,11-12,16,18H,8-10,17H2,1-3H3. The fourth-order valence-electron chi connectivity index (χ4n) is 2.76. The predicted octanol–water partition coefficient (Wildman–Crippen LogP) is 2.63. The molecular formula is C16H25N3. The highest BCUT2D eigenvalue weighted by Gasteiger charge is 2.16. The first-order chi connectivity index (χ1) is 9.13. The Kier molecular flexibility index (Phi) is 4.61. The Labute approximate surface area is 115 Å². The molecule has 0 aliphatic rings. The number of hydrogen-bond acceptors (Lipinski definition) is 2. The summed E-state index contributed by atoms with van der Waals surface area (Å²) in [6.45, 7) is 6.24. The van der Waals surface area contributed by atoms with Crippen LogP contribution in [0.25, 0.3) is 10.9 Å². The minimum absolute atomic E-state index is 0.463. The minimum atomic E-state index is 0.463. The molecule has 0 saturated heterocycles. The summed E-state index contributed by atoms with van der Waals surface area (Å²) in [5, 5.41) is 1.34. The third-order valence-corrected chi connectivity index (χ3v) is 3.99. The molecule has 1 unspecified atom stereocenters. The van der Waals surface area contributed by atoms with Gasteiger partial charge in [0.25, 0.3) is 0 Å². The molecule has 1 aromatic heterocycles. The quantitative estimate of drug-likeness (QED) is 0.837. The van der Waals surface area contributed by atoms with Crippen LogP contribution in [-0.2, 0) is 6.42 Å². The van der Waals surface area contributed by atoms with Gasteiger partial charge < -0.3 is 15.6 Å². The molecule has 0 fully saturated rings. The van der Waals surface area contributed by atoms with Gasteiger partial charge in [-0.2, -0.15) is 0 Å². The number of likely N-dealkylation sites (N-methyl/N-ethyl adjacent to an activating group) is 1. The van der Waals surface area contributed by atoms with Gasteiger partial charge >= 0.3 is 0 Å². The second-order valence-corrected chi connectivity index (χ2v) is 5.64. The second kappa shape index (κ2) is 6.22. The zero-order valence-electron chi connectivity index (χ0n) is 12.2. The van der Waals surface area contributed by atoms with E-state index in [4.69, 9.17) is 5.73 Å². The number of aromatic nitrogens is 1. The molecular weight excluding hydrogens is 234 g/mol. The van der Waals surface area contributed by atoms with Gasteiger partial charge in [0.05, 0.1) is 0 Å². The number of aromatic amines is 1. The number of benzene rings is 1. The molecule has 0 spiro atoms. The second-order valence-electron chi connectivity index (χ2n) is 5.64. The van der Waals surface area contributed by atoms with Gasteiger partial charge in [0, 0.05) is 36.2 Å². The third kappa shape index (κ3) is 3.17. The van der Waals surface area contributed by atoms with Crippen LogP contribution in [0.5, 0.6) is 0 Å². The van der Waals surface area contributed by atoms with Crippen LogP contribution in [0.3, 0.4) is 0 Å². The summed E-state index contributed by atoms with van der Waals surface area (Å²) in [7, 11) is 2.17. The number of hydrogen-bond donors (Lipinski definition) is 2. The largest absolute Gasteiger partial charge is 0.361 e. The lowest BCUT2D eigenvalue weighted by Crippen LogP contribution is -2.42. The summed E-state index contributed by atoms with van der Waals surface area (Å²) in [5.74, 6) is 0.595. The highest BCUT2D eigenvalue weighted by atomic mass is 15.1. The van der Waals surface area contributed by atoms with Crippen LogP contribution in [0.4, 0.5) is 0 Å². The van der Waals surface area contributed by atoms with Crippen molar-refractivity contribution in [3.8, 4) is 0 Å². The van der Waals surface area contributed by atoms with Crippen LogP contribution in [0.2, 0.25) is 0 Å². The molecule has 0 bridgehead atoms. The van der Waals surface area contributed by atoms with Gasteiger partial charge in [0.15, 0.2) is 0 Å². The monoisotopic (exact) mass is 259 g/mol. The molecule has 104 valence electrons. The van der Waals surface area contributed by atoms with Gasteiger partial charge in [-0.15, -0.1) is 0 Å². The Morgan fingerprint density at radius 2 is 2.00 bits per heavy atom. The number of nitrogens with two attached hydrogens (primary N) is 1. The summed E-state index contributed by atoms with van der Waals surface area (Å²) in [6.07, 6.45) is 3.19.